The lowest BCUT2D eigenvalue weighted by Crippen LogP contribution is -2.32. The van der Waals surface area contributed by atoms with Gasteiger partial charge in [0.2, 0.25) is 0 Å². The first kappa shape index (κ1) is 15.5. The van der Waals surface area contributed by atoms with Crippen molar-refractivity contribution in [1.29, 1.82) is 0 Å². The molecule has 1 aliphatic rings. The second-order valence-electron chi connectivity index (χ2n) is 6.11. The van der Waals surface area contributed by atoms with E-state index in [0.717, 1.165) is 26.1 Å². The molecule has 0 heterocycles. The van der Waals surface area contributed by atoms with Crippen molar-refractivity contribution in [3.63, 3.8) is 0 Å². The zero-order valence-electron chi connectivity index (χ0n) is 12.9. The smallest absolute Gasteiger partial charge is 0.0443 e. The highest BCUT2D eigenvalue weighted by molar-refractivity contribution is 5.26. The van der Waals surface area contributed by atoms with Gasteiger partial charge in [-0.2, -0.15) is 0 Å². The van der Waals surface area contributed by atoms with Crippen LogP contribution in [0, 0.1) is 0 Å². The van der Waals surface area contributed by atoms with Crippen LogP contribution < -0.4 is 0 Å². The van der Waals surface area contributed by atoms with E-state index in [1.807, 2.05) is 0 Å². The third kappa shape index (κ3) is 3.83. The molecule has 0 unspecified atom stereocenters. The van der Waals surface area contributed by atoms with Crippen LogP contribution >= 0.6 is 0 Å². The maximum atomic E-state index is 8.99. The molecule has 2 heteroatoms. The van der Waals surface area contributed by atoms with Crippen molar-refractivity contribution >= 4 is 0 Å². The van der Waals surface area contributed by atoms with Gasteiger partial charge >= 0.3 is 0 Å². The lowest BCUT2D eigenvalue weighted by atomic mass is 9.76. The summed E-state index contributed by atoms with van der Waals surface area (Å²) in [4.78, 5) is 2.49. The van der Waals surface area contributed by atoms with Crippen LogP contribution in [0.1, 0.15) is 51.0 Å². The number of aliphatic hydroxyl groups excluding tert-OH is 1. The van der Waals surface area contributed by atoms with Gasteiger partial charge in [0.15, 0.2) is 0 Å². The van der Waals surface area contributed by atoms with Crippen molar-refractivity contribution in [2.75, 3.05) is 26.2 Å². The number of hydrogen-bond donors (Lipinski definition) is 1. The van der Waals surface area contributed by atoms with E-state index >= 15 is 0 Å². The van der Waals surface area contributed by atoms with E-state index in [1.165, 1.54) is 37.7 Å². The first-order valence-corrected chi connectivity index (χ1v) is 8.19. The number of benzene rings is 1. The average molecular weight is 275 g/mol. The van der Waals surface area contributed by atoms with E-state index in [1.54, 1.807) is 0 Å². The minimum Gasteiger partial charge on any atom is -0.396 e. The topological polar surface area (TPSA) is 23.5 Å². The molecule has 0 atom stereocenters. The van der Waals surface area contributed by atoms with Crippen LogP contribution in [0.4, 0.5) is 0 Å². The van der Waals surface area contributed by atoms with Gasteiger partial charge in [-0.3, -0.25) is 0 Å². The Kier molecular flexibility index (Phi) is 6.06. The Bertz CT molecular complexity index is 370. The Morgan fingerprint density at radius 1 is 1.10 bits per heavy atom. The molecule has 1 aromatic rings. The van der Waals surface area contributed by atoms with E-state index in [-0.39, 0.29) is 0 Å². The minimum absolute atomic E-state index is 0.306. The van der Waals surface area contributed by atoms with Crippen LogP contribution in [0.5, 0.6) is 0 Å². The fraction of sp³-hybridized carbons (Fsp3) is 0.667. The molecule has 1 aliphatic carbocycles. The highest BCUT2D eigenvalue weighted by Gasteiger charge is 2.35. The van der Waals surface area contributed by atoms with Crippen molar-refractivity contribution in [3.8, 4) is 0 Å². The molecule has 1 N–H and O–H groups in total. The Balaban J connectivity index is 1.99. The summed E-state index contributed by atoms with van der Waals surface area (Å²) in [6.45, 7) is 5.80. The Morgan fingerprint density at radius 3 is 2.40 bits per heavy atom. The summed E-state index contributed by atoms with van der Waals surface area (Å²) in [5.74, 6) is 0. The maximum Gasteiger partial charge on any atom is 0.0443 e. The minimum atomic E-state index is 0.306. The first-order chi connectivity index (χ1) is 9.80. The summed E-state index contributed by atoms with van der Waals surface area (Å²) in [7, 11) is 0. The quantitative estimate of drug-likeness (QED) is 0.783. The summed E-state index contributed by atoms with van der Waals surface area (Å²) >= 11 is 0. The summed E-state index contributed by atoms with van der Waals surface area (Å²) in [6, 6.07) is 11.1. The molecule has 0 amide bonds. The number of hydrogen-bond acceptors (Lipinski definition) is 2. The standard InChI is InChI=1S/C18H29NO/c1-2-19(14-8-16-20)15-13-18(11-6-7-12-18)17-9-4-3-5-10-17/h3-5,9-10,20H,2,6-8,11-16H2,1H3. The molecule has 112 valence electrons. The van der Waals surface area contributed by atoms with E-state index in [4.69, 9.17) is 5.11 Å². The Morgan fingerprint density at radius 2 is 1.80 bits per heavy atom. The van der Waals surface area contributed by atoms with Gasteiger partial charge in [-0.25, -0.2) is 0 Å². The Labute approximate surface area is 123 Å². The second-order valence-corrected chi connectivity index (χ2v) is 6.11. The molecule has 0 aliphatic heterocycles. The summed E-state index contributed by atoms with van der Waals surface area (Å²) in [6.07, 6.45) is 7.58. The van der Waals surface area contributed by atoms with Crippen molar-refractivity contribution in [2.24, 2.45) is 0 Å². The fourth-order valence-corrected chi connectivity index (χ4v) is 3.62. The highest BCUT2D eigenvalue weighted by atomic mass is 16.3. The van der Waals surface area contributed by atoms with E-state index < -0.39 is 0 Å². The third-order valence-corrected chi connectivity index (χ3v) is 4.93. The second kappa shape index (κ2) is 7.80. The van der Waals surface area contributed by atoms with Crippen LogP contribution in [0.25, 0.3) is 0 Å². The fourth-order valence-electron chi connectivity index (χ4n) is 3.62. The predicted molar refractivity (Wildman–Crippen MR) is 85.0 cm³/mol. The molecule has 1 fully saturated rings. The number of nitrogens with zero attached hydrogens (tertiary/aromatic N) is 1. The van der Waals surface area contributed by atoms with Crippen molar-refractivity contribution in [2.45, 2.75) is 50.9 Å². The average Bonchev–Trinajstić information content (AvgIpc) is 2.98. The van der Waals surface area contributed by atoms with Crippen molar-refractivity contribution in [3.05, 3.63) is 35.9 Å². The van der Waals surface area contributed by atoms with Crippen molar-refractivity contribution in [1.82, 2.24) is 4.90 Å². The lowest BCUT2D eigenvalue weighted by molar-refractivity contribution is 0.213. The number of rotatable bonds is 8. The third-order valence-electron chi connectivity index (χ3n) is 4.93. The molecule has 1 saturated carbocycles. The van der Waals surface area contributed by atoms with Crippen LogP contribution in [0.2, 0.25) is 0 Å². The normalized spacial score (nSPS) is 17.8. The summed E-state index contributed by atoms with van der Waals surface area (Å²) in [5.41, 5.74) is 1.95. The molecular weight excluding hydrogens is 246 g/mol. The van der Waals surface area contributed by atoms with Gasteiger partial charge in [-0.05, 0) is 49.8 Å². The van der Waals surface area contributed by atoms with E-state index in [9.17, 15) is 0 Å². The molecule has 0 aromatic heterocycles. The molecule has 0 saturated heterocycles. The molecule has 1 aromatic carbocycles. The molecular formula is C18H29NO. The van der Waals surface area contributed by atoms with Crippen LogP contribution in [0.3, 0.4) is 0 Å². The largest absolute Gasteiger partial charge is 0.396 e. The van der Waals surface area contributed by atoms with Gasteiger partial charge < -0.3 is 10.0 Å². The van der Waals surface area contributed by atoms with Crippen LogP contribution in [-0.2, 0) is 5.41 Å². The van der Waals surface area contributed by atoms with Crippen LogP contribution in [-0.4, -0.2) is 36.2 Å². The maximum absolute atomic E-state index is 8.99. The van der Waals surface area contributed by atoms with Gasteiger partial charge in [0.05, 0.1) is 0 Å². The van der Waals surface area contributed by atoms with Gasteiger partial charge in [-0.1, -0.05) is 50.1 Å². The van der Waals surface area contributed by atoms with Gasteiger partial charge in [0.25, 0.3) is 0 Å². The molecule has 0 bridgehead atoms. The first-order valence-electron chi connectivity index (χ1n) is 8.19. The van der Waals surface area contributed by atoms with Gasteiger partial charge in [-0.15, -0.1) is 0 Å². The summed E-state index contributed by atoms with van der Waals surface area (Å²) in [5, 5.41) is 8.99. The zero-order chi connectivity index (χ0) is 14.3. The van der Waals surface area contributed by atoms with Gasteiger partial charge in [0, 0.05) is 13.2 Å². The molecule has 0 radical (unpaired) electrons. The van der Waals surface area contributed by atoms with Crippen molar-refractivity contribution < 1.29 is 5.11 Å². The molecule has 20 heavy (non-hydrogen) atoms. The molecule has 2 rings (SSSR count). The predicted octanol–water partition coefficient (Wildman–Crippen LogP) is 3.59. The Hall–Kier alpha value is -0.860. The van der Waals surface area contributed by atoms with Gasteiger partial charge in [0.1, 0.15) is 0 Å². The zero-order valence-corrected chi connectivity index (χ0v) is 12.9. The van der Waals surface area contributed by atoms with E-state index in [2.05, 4.69) is 42.2 Å². The SMILES string of the molecule is CCN(CCCO)CCC1(c2ccccc2)CCCC1. The van der Waals surface area contributed by atoms with E-state index in [0.29, 0.717) is 12.0 Å². The molecule has 2 nitrogen and oxygen atoms in total. The summed E-state index contributed by atoms with van der Waals surface area (Å²) < 4.78 is 0. The lowest BCUT2D eigenvalue weighted by Gasteiger charge is -2.32. The number of aliphatic hydroxyl groups is 1. The van der Waals surface area contributed by atoms with Crippen LogP contribution in [0.15, 0.2) is 30.3 Å². The monoisotopic (exact) mass is 275 g/mol. The highest BCUT2D eigenvalue weighted by Crippen LogP contribution is 2.43. The molecule has 0 spiro atoms.